The maximum absolute atomic E-state index is 14.3. The molecule has 8 nitrogen and oxygen atoms in total. The minimum absolute atomic E-state index is 0.0678. The first kappa shape index (κ1) is 38.0. The number of benzene rings is 3. The van der Waals surface area contributed by atoms with Gasteiger partial charge in [0.2, 0.25) is 0 Å². The molecule has 49 heavy (non-hydrogen) atoms. The summed E-state index contributed by atoms with van der Waals surface area (Å²) in [5.74, 6) is 0.00963. The van der Waals surface area contributed by atoms with E-state index in [0.717, 1.165) is 11.1 Å². The van der Waals surface area contributed by atoms with E-state index in [9.17, 15) is 9.59 Å². The van der Waals surface area contributed by atoms with Crippen LogP contribution >= 0.6 is 21.9 Å². The molecular formula is C39H50ClN5O3S. The quantitative estimate of drug-likeness (QED) is 0.101. The maximum Gasteiger partial charge on any atom is 0.274 e. The molecule has 262 valence electrons. The van der Waals surface area contributed by atoms with Crippen molar-refractivity contribution in [2.75, 3.05) is 38.5 Å². The number of aryl methyl sites for hydroxylation is 1. The van der Waals surface area contributed by atoms with Gasteiger partial charge in [-0.25, -0.2) is 4.98 Å². The number of hydrogen-bond acceptors (Lipinski definition) is 5. The van der Waals surface area contributed by atoms with Gasteiger partial charge in [0.05, 0.1) is 24.7 Å². The highest BCUT2D eigenvalue weighted by Gasteiger charge is 2.32. The van der Waals surface area contributed by atoms with Crippen molar-refractivity contribution in [1.82, 2.24) is 14.5 Å². The minimum atomic E-state index is -1.11. The van der Waals surface area contributed by atoms with Crippen molar-refractivity contribution in [3.8, 4) is 0 Å². The molecule has 10 heteroatoms. The molecular weight excluding hydrogens is 654 g/mol. The number of rotatable bonds is 15. The summed E-state index contributed by atoms with van der Waals surface area (Å²) in [5, 5.41) is 1.18. The van der Waals surface area contributed by atoms with Crippen molar-refractivity contribution >= 4 is 44.6 Å². The molecule has 1 unspecified atom stereocenters. The SMILES string of the molecule is C=C(CCCOS(C)(C)C)C(=O)N=c1c2ccc(Cl)cc2nc(C(C(C)C)N(CCCN)C(=O)c2ccc(C)cc2)n1Cc1ccccc1. The second-order valence-electron chi connectivity index (χ2n) is 13.4. The third kappa shape index (κ3) is 10.4. The molecule has 0 bridgehead atoms. The van der Waals surface area contributed by atoms with E-state index in [1.165, 1.54) is 0 Å². The van der Waals surface area contributed by atoms with Gasteiger partial charge < -0.3 is 19.4 Å². The number of carbonyl (C=O) groups is 2. The van der Waals surface area contributed by atoms with E-state index in [4.69, 9.17) is 31.5 Å². The monoisotopic (exact) mass is 703 g/mol. The zero-order valence-corrected chi connectivity index (χ0v) is 31.2. The van der Waals surface area contributed by atoms with Crippen LogP contribution in [0, 0.1) is 12.8 Å². The number of amides is 2. The van der Waals surface area contributed by atoms with Gasteiger partial charge in [0.25, 0.3) is 11.8 Å². The van der Waals surface area contributed by atoms with Crippen LogP contribution in [0.4, 0.5) is 0 Å². The van der Waals surface area contributed by atoms with Gasteiger partial charge in [-0.3, -0.25) is 9.59 Å². The molecule has 0 aliphatic heterocycles. The number of fused-ring (bicyclic) bond motifs is 1. The molecule has 3 aromatic carbocycles. The Bertz CT molecular complexity index is 1830. The van der Waals surface area contributed by atoms with Crippen molar-refractivity contribution in [3.05, 3.63) is 118 Å². The third-order valence-corrected chi connectivity index (χ3v) is 9.22. The van der Waals surface area contributed by atoms with Gasteiger partial charge in [-0.1, -0.05) is 80.1 Å². The molecule has 1 aromatic heterocycles. The summed E-state index contributed by atoms with van der Waals surface area (Å²) in [4.78, 5) is 40.0. The van der Waals surface area contributed by atoms with Gasteiger partial charge in [0, 0.05) is 28.1 Å². The summed E-state index contributed by atoms with van der Waals surface area (Å²) in [6, 6.07) is 22.5. The summed E-state index contributed by atoms with van der Waals surface area (Å²) < 4.78 is 7.92. The van der Waals surface area contributed by atoms with Crippen LogP contribution in [0.1, 0.15) is 66.5 Å². The Balaban J connectivity index is 1.95. The summed E-state index contributed by atoms with van der Waals surface area (Å²) in [7, 11) is -1.11. The van der Waals surface area contributed by atoms with Gasteiger partial charge in [0.15, 0.2) is 0 Å². The summed E-state index contributed by atoms with van der Waals surface area (Å²) >= 11 is 6.52. The van der Waals surface area contributed by atoms with Crippen LogP contribution in [0.25, 0.3) is 10.9 Å². The van der Waals surface area contributed by atoms with Crippen LogP contribution in [-0.2, 0) is 15.5 Å². The zero-order valence-electron chi connectivity index (χ0n) is 29.6. The second-order valence-corrected chi connectivity index (χ2v) is 17.5. The number of carbonyl (C=O) groups excluding carboxylic acids is 2. The first-order chi connectivity index (χ1) is 23.3. The molecule has 2 amide bonds. The molecule has 0 fully saturated rings. The number of nitrogens with zero attached hydrogens (tertiary/aromatic N) is 4. The van der Waals surface area contributed by atoms with Crippen LogP contribution in [0.2, 0.25) is 5.02 Å². The first-order valence-corrected chi connectivity index (χ1v) is 19.9. The molecule has 1 atom stereocenters. The standard InChI is InChI=1S/C39H50ClN5O3S/c1-27(2)35(44(23-12-22-41)39(47)31-18-16-28(3)17-19-31)37-42-34-25-32(40)20-21-33(34)36(45(37)26-30-14-9-8-10-15-30)43-38(46)29(4)13-11-24-48-49(5,6)7/h8-10,14-21,25,27,35H,4,11-13,22-24,26,41H2,1-3,5-7H3. The zero-order chi connectivity index (χ0) is 35.7. The largest absolute Gasteiger partial charge is 0.337 e. The van der Waals surface area contributed by atoms with E-state index in [1.54, 1.807) is 12.1 Å². The molecule has 0 saturated heterocycles. The Morgan fingerprint density at radius 2 is 1.73 bits per heavy atom. The van der Waals surface area contributed by atoms with Crippen LogP contribution in [0.15, 0.2) is 89.9 Å². The maximum atomic E-state index is 14.3. The lowest BCUT2D eigenvalue weighted by Gasteiger charge is -2.36. The third-order valence-electron chi connectivity index (χ3n) is 8.12. The highest BCUT2D eigenvalue weighted by molar-refractivity contribution is 8.28. The Hall–Kier alpha value is -3.76. The number of aromatic nitrogens is 2. The van der Waals surface area contributed by atoms with Gasteiger partial charge in [-0.15, -0.1) is 10.3 Å². The topological polar surface area (TPSA) is 103 Å². The summed E-state index contributed by atoms with van der Waals surface area (Å²) in [5.41, 5.74) is 10.1. The Morgan fingerprint density at radius 1 is 1.04 bits per heavy atom. The van der Waals surface area contributed by atoms with Gasteiger partial charge in [-0.05, 0) is 93.3 Å². The van der Waals surface area contributed by atoms with Crippen LogP contribution < -0.4 is 11.2 Å². The first-order valence-electron chi connectivity index (χ1n) is 16.7. The number of halogens is 1. The Kier molecular flexibility index (Phi) is 13.4. The lowest BCUT2D eigenvalue weighted by Crippen LogP contribution is -2.42. The summed E-state index contributed by atoms with van der Waals surface area (Å²) in [6.07, 6.45) is 7.99. The highest BCUT2D eigenvalue weighted by atomic mass is 35.5. The number of nitrogens with two attached hydrogens (primary N) is 1. The molecule has 1 heterocycles. The van der Waals surface area contributed by atoms with E-state index in [0.29, 0.717) is 83.9 Å². The van der Waals surface area contributed by atoms with Gasteiger partial charge >= 0.3 is 0 Å². The molecule has 0 radical (unpaired) electrons. The smallest absolute Gasteiger partial charge is 0.274 e. The van der Waals surface area contributed by atoms with Crippen LogP contribution in [0.5, 0.6) is 0 Å². The van der Waals surface area contributed by atoms with E-state index in [-0.39, 0.29) is 11.8 Å². The van der Waals surface area contributed by atoms with Gasteiger partial charge in [0.1, 0.15) is 11.3 Å². The molecule has 0 aliphatic rings. The predicted octanol–water partition coefficient (Wildman–Crippen LogP) is 7.62. The van der Waals surface area contributed by atoms with Crippen molar-refractivity contribution in [2.24, 2.45) is 16.6 Å². The average Bonchev–Trinajstić information content (AvgIpc) is 3.05. The van der Waals surface area contributed by atoms with Crippen molar-refractivity contribution in [3.63, 3.8) is 0 Å². The lowest BCUT2D eigenvalue weighted by molar-refractivity contribution is -0.114. The van der Waals surface area contributed by atoms with Crippen molar-refractivity contribution in [2.45, 2.75) is 52.6 Å². The van der Waals surface area contributed by atoms with Gasteiger partial charge in [-0.2, -0.15) is 4.99 Å². The summed E-state index contributed by atoms with van der Waals surface area (Å²) in [6.45, 7) is 12.0. The Labute approximate surface area is 297 Å². The van der Waals surface area contributed by atoms with E-state index >= 15 is 0 Å². The minimum Gasteiger partial charge on any atom is -0.337 e. The van der Waals surface area contributed by atoms with Crippen molar-refractivity contribution < 1.29 is 13.8 Å². The molecule has 4 aromatic rings. The van der Waals surface area contributed by atoms with Crippen molar-refractivity contribution in [1.29, 1.82) is 0 Å². The van der Waals surface area contributed by atoms with E-state index in [2.05, 4.69) is 39.2 Å². The lowest BCUT2D eigenvalue weighted by atomic mass is 9.98. The second kappa shape index (κ2) is 17.3. The fourth-order valence-corrected chi connectivity index (χ4v) is 6.44. The fourth-order valence-electron chi connectivity index (χ4n) is 5.66. The van der Waals surface area contributed by atoms with E-state index < -0.39 is 22.3 Å². The molecule has 4 rings (SSSR count). The van der Waals surface area contributed by atoms with Crippen LogP contribution in [0.3, 0.4) is 0 Å². The average molecular weight is 704 g/mol. The predicted molar refractivity (Wildman–Crippen MR) is 204 cm³/mol. The normalized spacial score (nSPS) is 13.1. The number of hydrogen-bond donors (Lipinski definition) is 1. The molecule has 0 saturated carbocycles. The molecule has 2 N–H and O–H groups in total. The Morgan fingerprint density at radius 3 is 2.37 bits per heavy atom. The molecule has 0 aliphatic carbocycles. The van der Waals surface area contributed by atoms with E-state index in [1.807, 2.05) is 77.1 Å². The highest BCUT2D eigenvalue weighted by Crippen LogP contribution is 2.36. The molecule has 0 spiro atoms. The van der Waals surface area contributed by atoms with Crippen LogP contribution in [-0.4, -0.2) is 64.7 Å². The fraction of sp³-hybridized carbons (Fsp3) is 0.385.